The Balaban J connectivity index is 3.00. The smallest absolute Gasteiger partial charge is 0.288 e. The van der Waals surface area contributed by atoms with E-state index in [-0.39, 0.29) is 16.6 Å². The van der Waals surface area contributed by atoms with Gasteiger partial charge < -0.3 is 10.2 Å². The fraction of sp³-hybridized carbons (Fsp3) is 0.417. The molecule has 1 rings (SSSR count). The molecule has 1 N–H and O–H groups in total. The first-order valence-electron chi connectivity index (χ1n) is 5.66. The standard InChI is InChI=1S/C12H16ClN3O3/c1-7-5-11(16(18)19)9(13)6-10(7)14-8(2)12(17)15(3)4/h5-6,8,14H,1-4H3. The van der Waals surface area contributed by atoms with Crippen LogP contribution >= 0.6 is 11.6 Å². The lowest BCUT2D eigenvalue weighted by atomic mass is 10.1. The maximum Gasteiger partial charge on any atom is 0.288 e. The minimum absolute atomic E-state index is 0.0441. The fourth-order valence-corrected chi connectivity index (χ4v) is 1.88. The molecule has 19 heavy (non-hydrogen) atoms. The molecule has 1 aromatic rings. The van der Waals surface area contributed by atoms with E-state index in [1.807, 2.05) is 0 Å². The summed E-state index contributed by atoms with van der Waals surface area (Å²) in [6.07, 6.45) is 0. The fourth-order valence-electron chi connectivity index (χ4n) is 1.64. The van der Waals surface area contributed by atoms with Crippen LogP contribution in [0.2, 0.25) is 5.02 Å². The number of carbonyl (C=O) groups excluding carboxylic acids is 1. The molecule has 0 saturated carbocycles. The lowest BCUT2D eigenvalue weighted by Gasteiger charge is -2.20. The van der Waals surface area contributed by atoms with Crippen LogP contribution in [-0.4, -0.2) is 35.9 Å². The number of anilines is 1. The van der Waals surface area contributed by atoms with Gasteiger partial charge in [-0.2, -0.15) is 0 Å². The number of nitro groups is 1. The van der Waals surface area contributed by atoms with Crippen LogP contribution in [0.1, 0.15) is 12.5 Å². The number of likely N-dealkylation sites (N-methyl/N-ethyl adjacent to an activating group) is 1. The van der Waals surface area contributed by atoms with Crippen molar-refractivity contribution < 1.29 is 9.72 Å². The average molecular weight is 286 g/mol. The summed E-state index contributed by atoms with van der Waals surface area (Å²) in [6, 6.07) is 2.41. The van der Waals surface area contributed by atoms with Gasteiger partial charge in [-0.15, -0.1) is 0 Å². The third-order valence-corrected chi connectivity index (χ3v) is 2.98. The summed E-state index contributed by atoms with van der Waals surface area (Å²) < 4.78 is 0. The molecule has 0 heterocycles. The molecule has 0 spiro atoms. The Morgan fingerprint density at radius 2 is 2.05 bits per heavy atom. The second kappa shape index (κ2) is 5.88. The molecule has 0 radical (unpaired) electrons. The van der Waals surface area contributed by atoms with Crippen LogP contribution < -0.4 is 5.32 Å². The molecule has 104 valence electrons. The minimum atomic E-state index is -0.534. The predicted octanol–water partition coefficient (Wildman–Crippen LogP) is 2.45. The summed E-state index contributed by atoms with van der Waals surface area (Å²) in [5, 5.41) is 13.8. The summed E-state index contributed by atoms with van der Waals surface area (Å²) in [4.78, 5) is 23.4. The molecule has 1 amide bonds. The van der Waals surface area contributed by atoms with Crippen molar-refractivity contribution in [1.82, 2.24) is 4.90 Å². The second-order valence-corrected chi connectivity index (χ2v) is 4.88. The number of nitrogens with one attached hydrogen (secondary N) is 1. The highest BCUT2D eigenvalue weighted by Crippen LogP contribution is 2.30. The maximum absolute atomic E-state index is 11.7. The van der Waals surface area contributed by atoms with Gasteiger partial charge in [-0.05, 0) is 25.5 Å². The normalized spacial score (nSPS) is 11.8. The van der Waals surface area contributed by atoms with Gasteiger partial charge in [0.25, 0.3) is 5.69 Å². The van der Waals surface area contributed by atoms with E-state index >= 15 is 0 Å². The van der Waals surface area contributed by atoms with Crippen LogP contribution in [0.25, 0.3) is 0 Å². The lowest BCUT2D eigenvalue weighted by molar-refractivity contribution is -0.384. The number of hydrogen-bond donors (Lipinski definition) is 1. The quantitative estimate of drug-likeness (QED) is 0.681. The number of rotatable bonds is 4. The summed E-state index contributed by atoms with van der Waals surface area (Å²) in [5.41, 5.74) is 1.13. The van der Waals surface area contributed by atoms with Crippen LogP contribution in [0.5, 0.6) is 0 Å². The second-order valence-electron chi connectivity index (χ2n) is 4.47. The zero-order valence-electron chi connectivity index (χ0n) is 11.2. The van der Waals surface area contributed by atoms with Gasteiger partial charge in [-0.3, -0.25) is 14.9 Å². The highest BCUT2D eigenvalue weighted by Gasteiger charge is 2.19. The Morgan fingerprint density at radius 3 is 2.53 bits per heavy atom. The molecule has 1 atom stereocenters. The number of hydrogen-bond acceptors (Lipinski definition) is 4. The summed E-state index contributed by atoms with van der Waals surface area (Å²) >= 11 is 5.84. The molecule has 0 aliphatic heterocycles. The SMILES string of the molecule is Cc1cc([N+](=O)[O-])c(Cl)cc1NC(C)C(=O)N(C)C. The van der Waals surface area contributed by atoms with E-state index in [2.05, 4.69) is 5.32 Å². The van der Waals surface area contributed by atoms with E-state index in [9.17, 15) is 14.9 Å². The van der Waals surface area contributed by atoms with Crippen molar-refractivity contribution in [2.75, 3.05) is 19.4 Å². The zero-order valence-corrected chi connectivity index (χ0v) is 12.0. The van der Waals surface area contributed by atoms with E-state index in [1.54, 1.807) is 27.9 Å². The first-order valence-corrected chi connectivity index (χ1v) is 6.04. The molecule has 0 saturated heterocycles. The van der Waals surface area contributed by atoms with Crippen LogP contribution in [0, 0.1) is 17.0 Å². The Hall–Kier alpha value is -1.82. The molecule has 1 unspecified atom stereocenters. The monoisotopic (exact) mass is 285 g/mol. The van der Waals surface area contributed by atoms with Gasteiger partial charge in [0.1, 0.15) is 11.1 Å². The van der Waals surface area contributed by atoms with Crippen molar-refractivity contribution in [3.8, 4) is 0 Å². The number of halogens is 1. The first kappa shape index (κ1) is 15.2. The van der Waals surface area contributed by atoms with Crippen molar-refractivity contribution in [1.29, 1.82) is 0 Å². The van der Waals surface area contributed by atoms with Gasteiger partial charge in [0.05, 0.1) is 4.92 Å². The van der Waals surface area contributed by atoms with Gasteiger partial charge >= 0.3 is 0 Å². The van der Waals surface area contributed by atoms with Gasteiger partial charge in [-0.25, -0.2) is 0 Å². The Labute approximate surface area is 116 Å². The van der Waals surface area contributed by atoms with Crippen LogP contribution in [0.15, 0.2) is 12.1 Å². The highest BCUT2D eigenvalue weighted by atomic mass is 35.5. The molecule has 0 fully saturated rings. The van der Waals surface area contributed by atoms with Crippen LogP contribution in [-0.2, 0) is 4.79 Å². The van der Waals surface area contributed by atoms with Gasteiger partial charge in [-0.1, -0.05) is 11.6 Å². The van der Waals surface area contributed by atoms with E-state index in [0.717, 1.165) is 0 Å². The van der Waals surface area contributed by atoms with Crippen molar-refractivity contribution in [2.45, 2.75) is 19.9 Å². The van der Waals surface area contributed by atoms with Crippen molar-refractivity contribution in [3.05, 3.63) is 32.8 Å². The molecular formula is C12H16ClN3O3. The molecule has 7 heteroatoms. The maximum atomic E-state index is 11.7. The minimum Gasteiger partial charge on any atom is -0.374 e. The van der Waals surface area contributed by atoms with Gasteiger partial charge in [0.15, 0.2) is 0 Å². The molecule has 1 aromatic carbocycles. The van der Waals surface area contributed by atoms with Crippen LogP contribution in [0.3, 0.4) is 0 Å². The van der Waals surface area contributed by atoms with Gasteiger partial charge in [0, 0.05) is 25.8 Å². The van der Waals surface area contributed by atoms with Gasteiger partial charge in [0.2, 0.25) is 5.91 Å². The summed E-state index contributed by atoms with van der Waals surface area (Å²) in [7, 11) is 3.33. The predicted molar refractivity (Wildman–Crippen MR) is 74.6 cm³/mol. The third-order valence-electron chi connectivity index (χ3n) is 2.67. The van der Waals surface area contributed by atoms with Crippen molar-refractivity contribution in [2.24, 2.45) is 0 Å². The number of aryl methyl sites for hydroxylation is 1. The number of nitrogens with zero attached hydrogens (tertiary/aromatic N) is 2. The number of benzene rings is 1. The summed E-state index contributed by atoms with van der Waals surface area (Å²) in [6.45, 7) is 3.44. The molecular weight excluding hydrogens is 270 g/mol. The Morgan fingerprint density at radius 1 is 1.47 bits per heavy atom. The first-order chi connectivity index (χ1) is 8.73. The third kappa shape index (κ3) is 3.57. The Bertz CT molecular complexity index is 517. The molecule has 0 bridgehead atoms. The molecule has 0 aliphatic carbocycles. The Kier molecular flexibility index (Phi) is 4.72. The largest absolute Gasteiger partial charge is 0.374 e. The molecule has 0 aliphatic rings. The van der Waals surface area contributed by atoms with E-state index in [4.69, 9.17) is 11.6 Å². The van der Waals surface area contributed by atoms with Crippen LogP contribution in [0.4, 0.5) is 11.4 Å². The number of carbonyl (C=O) groups is 1. The molecule has 0 aromatic heterocycles. The zero-order chi connectivity index (χ0) is 14.7. The summed E-state index contributed by atoms with van der Waals surface area (Å²) in [5.74, 6) is -0.0890. The number of nitro benzene ring substituents is 1. The highest BCUT2D eigenvalue weighted by molar-refractivity contribution is 6.33. The van der Waals surface area contributed by atoms with E-state index < -0.39 is 11.0 Å². The average Bonchev–Trinajstić information content (AvgIpc) is 2.31. The van der Waals surface area contributed by atoms with E-state index in [0.29, 0.717) is 11.3 Å². The molecule has 6 nitrogen and oxygen atoms in total. The lowest BCUT2D eigenvalue weighted by Crippen LogP contribution is -2.36. The number of amides is 1. The topological polar surface area (TPSA) is 75.5 Å². The van der Waals surface area contributed by atoms with E-state index in [1.165, 1.54) is 17.0 Å². The van der Waals surface area contributed by atoms with Crippen molar-refractivity contribution >= 4 is 28.9 Å². The van der Waals surface area contributed by atoms with Crippen molar-refractivity contribution in [3.63, 3.8) is 0 Å².